The molecule has 2 aromatic rings. The van der Waals surface area contributed by atoms with Crippen LogP contribution in [0.3, 0.4) is 0 Å². The van der Waals surface area contributed by atoms with E-state index in [0.717, 1.165) is 0 Å². The molecule has 0 aliphatic heterocycles. The van der Waals surface area contributed by atoms with Crippen molar-refractivity contribution in [2.24, 2.45) is 0 Å². The summed E-state index contributed by atoms with van der Waals surface area (Å²) in [5.74, 6) is -1.10. The second kappa shape index (κ2) is 4.09. The molecule has 0 unspecified atom stereocenters. The smallest absolute Gasteiger partial charge is 0.358 e. The van der Waals surface area contributed by atoms with Crippen molar-refractivity contribution in [1.82, 2.24) is 20.0 Å². The van der Waals surface area contributed by atoms with E-state index in [9.17, 15) is 4.79 Å². The zero-order valence-corrected chi connectivity index (χ0v) is 8.66. The molecule has 0 fully saturated rings. The number of rotatable bonds is 3. The van der Waals surface area contributed by atoms with E-state index in [2.05, 4.69) is 15.3 Å². The van der Waals surface area contributed by atoms with Crippen LogP contribution in [-0.4, -0.2) is 31.1 Å². The molecule has 2 heterocycles. The number of hydrogen-bond acceptors (Lipinski definition) is 4. The zero-order chi connectivity index (χ0) is 11.5. The van der Waals surface area contributed by atoms with E-state index in [1.165, 1.54) is 4.68 Å². The Morgan fingerprint density at radius 3 is 2.88 bits per heavy atom. The van der Waals surface area contributed by atoms with Gasteiger partial charge in [-0.25, -0.2) is 9.48 Å². The summed E-state index contributed by atoms with van der Waals surface area (Å²) >= 11 is 0. The van der Waals surface area contributed by atoms with Gasteiger partial charge in [0.1, 0.15) is 5.69 Å². The maximum Gasteiger partial charge on any atom is 0.358 e. The summed E-state index contributed by atoms with van der Waals surface area (Å²) in [4.78, 5) is 15.1. The molecule has 0 aliphatic carbocycles. The average molecular weight is 218 g/mol. The second-order valence-electron chi connectivity index (χ2n) is 3.12. The van der Waals surface area contributed by atoms with Crippen LogP contribution in [0.4, 0.5) is 0 Å². The third-order valence-electron chi connectivity index (χ3n) is 2.14. The van der Waals surface area contributed by atoms with Crippen molar-refractivity contribution < 1.29 is 9.90 Å². The summed E-state index contributed by atoms with van der Waals surface area (Å²) in [5, 5.41) is 16.4. The molecule has 0 saturated heterocycles. The van der Waals surface area contributed by atoms with Gasteiger partial charge < -0.3 is 5.11 Å². The van der Waals surface area contributed by atoms with Crippen molar-refractivity contribution in [2.45, 2.75) is 13.5 Å². The van der Waals surface area contributed by atoms with Gasteiger partial charge in [-0.2, -0.15) is 0 Å². The van der Waals surface area contributed by atoms with Crippen molar-refractivity contribution >= 4 is 5.97 Å². The highest BCUT2D eigenvalue weighted by Crippen LogP contribution is 2.19. The van der Waals surface area contributed by atoms with Crippen LogP contribution in [0, 0.1) is 0 Å². The molecule has 1 N–H and O–H groups in total. The number of aryl methyl sites for hydroxylation is 1. The van der Waals surface area contributed by atoms with Crippen molar-refractivity contribution in [1.29, 1.82) is 0 Å². The lowest BCUT2D eigenvalue weighted by atomic mass is 10.2. The van der Waals surface area contributed by atoms with E-state index >= 15 is 0 Å². The third-order valence-corrected chi connectivity index (χ3v) is 2.14. The van der Waals surface area contributed by atoms with Gasteiger partial charge in [0.05, 0.1) is 5.69 Å². The largest absolute Gasteiger partial charge is 0.476 e. The van der Waals surface area contributed by atoms with Crippen molar-refractivity contribution in [3.8, 4) is 11.4 Å². The molecule has 0 amide bonds. The molecule has 6 heteroatoms. The first kappa shape index (κ1) is 10.3. The molecule has 16 heavy (non-hydrogen) atoms. The predicted octanol–water partition coefficient (Wildman–Crippen LogP) is 1.06. The molecule has 0 radical (unpaired) electrons. The summed E-state index contributed by atoms with van der Waals surface area (Å²) in [7, 11) is 0. The van der Waals surface area contributed by atoms with Gasteiger partial charge in [-0.05, 0) is 19.1 Å². The monoisotopic (exact) mass is 218 g/mol. The van der Waals surface area contributed by atoms with Gasteiger partial charge in [0, 0.05) is 12.7 Å². The summed E-state index contributed by atoms with van der Waals surface area (Å²) in [6, 6.07) is 5.29. The number of pyridine rings is 1. The van der Waals surface area contributed by atoms with Crippen molar-refractivity contribution in [2.75, 3.05) is 0 Å². The molecule has 0 aliphatic rings. The van der Waals surface area contributed by atoms with Gasteiger partial charge in [-0.15, -0.1) is 5.10 Å². The number of aromatic carboxylic acids is 1. The molecule has 82 valence electrons. The number of carboxylic acids is 1. The molecule has 2 aromatic heterocycles. The first-order valence-electron chi connectivity index (χ1n) is 4.82. The first-order chi connectivity index (χ1) is 7.74. The van der Waals surface area contributed by atoms with Crippen molar-refractivity contribution in [3.05, 3.63) is 30.1 Å². The normalized spacial score (nSPS) is 10.3. The molecule has 0 saturated carbocycles. The molecule has 0 aromatic carbocycles. The fraction of sp³-hybridized carbons (Fsp3) is 0.200. The van der Waals surface area contributed by atoms with Crippen LogP contribution in [-0.2, 0) is 6.54 Å². The first-order valence-corrected chi connectivity index (χ1v) is 4.82. The highest BCUT2D eigenvalue weighted by atomic mass is 16.4. The van der Waals surface area contributed by atoms with Crippen LogP contribution >= 0.6 is 0 Å². The molecule has 6 nitrogen and oxygen atoms in total. The Labute approximate surface area is 91.6 Å². The van der Waals surface area contributed by atoms with Gasteiger partial charge in [0.25, 0.3) is 0 Å². The predicted molar refractivity (Wildman–Crippen MR) is 55.9 cm³/mol. The SMILES string of the molecule is CCn1nnc(C(=O)O)c1-c1ccccn1. The Bertz CT molecular complexity index is 507. The Morgan fingerprint density at radius 2 is 2.31 bits per heavy atom. The van der Waals surface area contributed by atoms with Crippen LogP contribution in [0.15, 0.2) is 24.4 Å². The maximum atomic E-state index is 11.0. The molecule has 0 atom stereocenters. The third kappa shape index (κ3) is 1.65. The van der Waals surface area contributed by atoms with E-state index in [1.54, 1.807) is 24.4 Å². The number of nitrogens with zero attached hydrogens (tertiary/aromatic N) is 4. The topological polar surface area (TPSA) is 80.9 Å². The van der Waals surface area contributed by atoms with Gasteiger partial charge in [-0.1, -0.05) is 11.3 Å². The van der Waals surface area contributed by atoms with Crippen LogP contribution in [0.25, 0.3) is 11.4 Å². The van der Waals surface area contributed by atoms with Crippen LogP contribution < -0.4 is 0 Å². The lowest BCUT2D eigenvalue weighted by Gasteiger charge is -2.02. The Kier molecular flexibility index (Phi) is 2.63. The maximum absolute atomic E-state index is 11.0. The fourth-order valence-corrected chi connectivity index (χ4v) is 1.43. The highest BCUT2D eigenvalue weighted by molar-refractivity contribution is 5.92. The van der Waals surface area contributed by atoms with Crippen LogP contribution in [0.2, 0.25) is 0 Å². The Morgan fingerprint density at radius 1 is 1.50 bits per heavy atom. The van der Waals surface area contributed by atoms with E-state index in [1.807, 2.05) is 6.92 Å². The lowest BCUT2D eigenvalue weighted by Crippen LogP contribution is -2.04. The zero-order valence-electron chi connectivity index (χ0n) is 8.66. The molecule has 0 spiro atoms. The van der Waals surface area contributed by atoms with Gasteiger partial charge in [0.2, 0.25) is 0 Å². The summed E-state index contributed by atoms with van der Waals surface area (Å²) < 4.78 is 1.52. The minimum absolute atomic E-state index is 0.0689. The average Bonchev–Trinajstić information content (AvgIpc) is 2.73. The minimum atomic E-state index is -1.10. The summed E-state index contributed by atoms with van der Waals surface area (Å²) in [6.07, 6.45) is 1.61. The van der Waals surface area contributed by atoms with E-state index < -0.39 is 5.97 Å². The molecular weight excluding hydrogens is 208 g/mol. The van der Waals surface area contributed by atoms with Crippen LogP contribution in [0.1, 0.15) is 17.4 Å². The van der Waals surface area contributed by atoms with Crippen LogP contribution in [0.5, 0.6) is 0 Å². The summed E-state index contributed by atoms with van der Waals surface area (Å²) in [6.45, 7) is 2.42. The molecule has 0 bridgehead atoms. The van der Waals surface area contributed by atoms with E-state index in [4.69, 9.17) is 5.11 Å². The standard InChI is InChI=1S/C10H10N4O2/c1-2-14-9(7-5-3-4-6-11-7)8(10(15)16)12-13-14/h3-6H,2H2,1H3,(H,15,16). The second-order valence-corrected chi connectivity index (χ2v) is 3.12. The Balaban J connectivity index is 2.62. The van der Waals surface area contributed by atoms with Gasteiger partial charge >= 0.3 is 5.97 Å². The lowest BCUT2D eigenvalue weighted by molar-refractivity contribution is 0.0691. The minimum Gasteiger partial charge on any atom is -0.476 e. The molecule has 2 rings (SSSR count). The Hall–Kier alpha value is -2.24. The van der Waals surface area contributed by atoms with Gasteiger partial charge in [0.15, 0.2) is 5.69 Å². The van der Waals surface area contributed by atoms with Gasteiger partial charge in [-0.3, -0.25) is 4.98 Å². The van der Waals surface area contributed by atoms with E-state index in [0.29, 0.717) is 17.9 Å². The number of aromatic nitrogens is 4. The quantitative estimate of drug-likeness (QED) is 0.833. The fourth-order valence-electron chi connectivity index (χ4n) is 1.43. The highest BCUT2D eigenvalue weighted by Gasteiger charge is 2.20. The van der Waals surface area contributed by atoms with E-state index in [-0.39, 0.29) is 5.69 Å². The van der Waals surface area contributed by atoms with Crippen molar-refractivity contribution in [3.63, 3.8) is 0 Å². The molecular formula is C10H10N4O2. The summed E-state index contributed by atoms with van der Waals surface area (Å²) in [5.41, 5.74) is 0.933. The number of carboxylic acid groups (broad SMARTS) is 1. The number of hydrogen-bond donors (Lipinski definition) is 1. The number of carbonyl (C=O) groups is 1.